The van der Waals surface area contributed by atoms with Crippen LogP contribution in [0.25, 0.3) is 0 Å². The fraction of sp³-hybridized carbons (Fsp3) is 0.600. The van der Waals surface area contributed by atoms with Gasteiger partial charge in [0.2, 0.25) is 0 Å². The van der Waals surface area contributed by atoms with Crippen LogP contribution >= 0.6 is 11.3 Å². The maximum Gasteiger partial charge on any atom is 0.0813 e. The Kier molecular flexibility index (Phi) is 5.25. The summed E-state index contributed by atoms with van der Waals surface area (Å²) >= 11 is 1.71. The highest BCUT2D eigenvalue weighted by atomic mass is 32.1. The molecule has 0 bridgehead atoms. The summed E-state index contributed by atoms with van der Waals surface area (Å²) < 4.78 is 5.97. The minimum absolute atomic E-state index is 0.421. The van der Waals surface area contributed by atoms with E-state index in [1.54, 1.807) is 11.3 Å². The zero-order valence-electron chi connectivity index (χ0n) is 10.9. The highest BCUT2D eigenvalue weighted by Crippen LogP contribution is 2.27. The normalized spacial score (nSPS) is 23.4. The fourth-order valence-corrected chi connectivity index (χ4v) is 3.06. The van der Waals surface area contributed by atoms with E-state index in [2.05, 4.69) is 30.9 Å². The number of hydrogen-bond donors (Lipinski definition) is 1. The summed E-state index contributed by atoms with van der Waals surface area (Å²) in [5.74, 6) is 6.81. The Morgan fingerprint density at radius 3 is 2.83 bits per heavy atom. The largest absolute Gasteiger partial charge is 0.373 e. The first-order valence-electron chi connectivity index (χ1n) is 6.67. The first kappa shape index (κ1) is 13.6. The van der Waals surface area contributed by atoms with Crippen molar-refractivity contribution >= 4 is 11.3 Å². The molecular weight excluding hydrogens is 242 g/mol. The molecule has 1 heterocycles. The second-order valence-electron chi connectivity index (χ2n) is 4.96. The molecule has 98 valence electrons. The highest BCUT2D eigenvalue weighted by Gasteiger charge is 2.18. The molecule has 0 unspecified atom stereocenters. The van der Waals surface area contributed by atoms with E-state index in [0.29, 0.717) is 12.6 Å². The molecular formula is C15H21NOS. The van der Waals surface area contributed by atoms with Gasteiger partial charge in [0.1, 0.15) is 0 Å². The molecule has 1 aromatic heterocycles. The van der Waals surface area contributed by atoms with Crippen LogP contribution in [0.2, 0.25) is 0 Å². The fourth-order valence-electron chi connectivity index (χ4n) is 2.26. The lowest BCUT2D eigenvalue weighted by atomic mass is 9.89. The second-order valence-corrected chi connectivity index (χ2v) is 6.13. The number of ether oxygens (including phenoxy) is 1. The molecule has 0 atom stereocenters. The van der Waals surface area contributed by atoms with Crippen LogP contribution in [0.4, 0.5) is 0 Å². The molecule has 0 saturated heterocycles. The molecule has 1 aliphatic rings. The Balaban J connectivity index is 1.78. The predicted octanol–water partition coefficient (Wildman–Crippen LogP) is 3.15. The SMILES string of the molecule is CC1CCC(OCc2ccc(C#CCN)s2)CC1. The van der Waals surface area contributed by atoms with Gasteiger partial charge in [-0.3, -0.25) is 0 Å². The van der Waals surface area contributed by atoms with Crippen molar-refractivity contribution in [3.63, 3.8) is 0 Å². The Labute approximate surface area is 114 Å². The average Bonchev–Trinajstić information content (AvgIpc) is 2.84. The summed E-state index contributed by atoms with van der Waals surface area (Å²) in [6.45, 7) is 3.48. The molecule has 2 nitrogen and oxygen atoms in total. The molecule has 0 radical (unpaired) electrons. The van der Waals surface area contributed by atoms with Crippen LogP contribution in [0.5, 0.6) is 0 Å². The van der Waals surface area contributed by atoms with Gasteiger partial charge in [0.05, 0.1) is 24.1 Å². The van der Waals surface area contributed by atoms with Crippen molar-refractivity contribution in [1.29, 1.82) is 0 Å². The van der Waals surface area contributed by atoms with Crippen LogP contribution in [0.3, 0.4) is 0 Å². The molecule has 0 spiro atoms. The lowest BCUT2D eigenvalue weighted by Gasteiger charge is -2.26. The van der Waals surface area contributed by atoms with Crippen molar-refractivity contribution < 1.29 is 4.74 Å². The number of rotatable bonds is 3. The summed E-state index contributed by atoms with van der Waals surface area (Å²) in [7, 11) is 0. The second kappa shape index (κ2) is 6.94. The minimum Gasteiger partial charge on any atom is -0.373 e. The van der Waals surface area contributed by atoms with Gasteiger partial charge in [0.15, 0.2) is 0 Å². The molecule has 18 heavy (non-hydrogen) atoms. The van der Waals surface area contributed by atoms with E-state index in [-0.39, 0.29) is 0 Å². The molecule has 1 aliphatic carbocycles. The molecule has 0 amide bonds. The van der Waals surface area contributed by atoms with Crippen LogP contribution in [0, 0.1) is 17.8 Å². The highest BCUT2D eigenvalue weighted by molar-refractivity contribution is 7.12. The van der Waals surface area contributed by atoms with E-state index in [1.165, 1.54) is 30.6 Å². The summed E-state index contributed by atoms with van der Waals surface area (Å²) in [5.41, 5.74) is 5.36. The van der Waals surface area contributed by atoms with Crippen molar-refractivity contribution in [2.24, 2.45) is 11.7 Å². The smallest absolute Gasteiger partial charge is 0.0813 e. The average molecular weight is 263 g/mol. The molecule has 1 saturated carbocycles. The van der Waals surface area contributed by atoms with Gasteiger partial charge in [0.25, 0.3) is 0 Å². The van der Waals surface area contributed by atoms with Crippen LogP contribution in [0.1, 0.15) is 42.4 Å². The number of nitrogens with two attached hydrogens (primary N) is 1. The van der Waals surface area contributed by atoms with Gasteiger partial charge in [-0.2, -0.15) is 0 Å². The van der Waals surface area contributed by atoms with Crippen LogP contribution in [-0.4, -0.2) is 12.6 Å². The summed E-state index contributed by atoms with van der Waals surface area (Å²) in [4.78, 5) is 2.34. The Hall–Kier alpha value is -0.820. The summed E-state index contributed by atoms with van der Waals surface area (Å²) in [6.07, 6.45) is 5.51. The quantitative estimate of drug-likeness (QED) is 0.850. The third-order valence-corrected chi connectivity index (χ3v) is 4.37. The summed E-state index contributed by atoms with van der Waals surface area (Å²) in [5, 5.41) is 0. The maximum absolute atomic E-state index is 5.97. The lowest BCUT2D eigenvalue weighted by Crippen LogP contribution is -2.19. The van der Waals surface area contributed by atoms with Crippen molar-refractivity contribution in [2.75, 3.05) is 6.54 Å². The third kappa shape index (κ3) is 4.13. The van der Waals surface area contributed by atoms with E-state index in [1.807, 2.05) is 0 Å². The predicted molar refractivity (Wildman–Crippen MR) is 76.5 cm³/mol. The van der Waals surface area contributed by atoms with Crippen LogP contribution < -0.4 is 5.73 Å². The third-order valence-electron chi connectivity index (χ3n) is 3.40. The van der Waals surface area contributed by atoms with Gasteiger partial charge in [-0.05, 0) is 43.7 Å². The first-order chi connectivity index (χ1) is 8.78. The molecule has 2 N–H and O–H groups in total. The standard InChI is InChI=1S/C15H21NOS/c1-12-4-6-13(7-5-12)17-11-15-9-8-14(18-15)3-2-10-16/h8-9,12-13H,4-7,10-11,16H2,1H3. The van der Waals surface area contributed by atoms with Gasteiger partial charge in [-0.1, -0.05) is 18.8 Å². The Bertz CT molecular complexity index is 421. The van der Waals surface area contributed by atoms with Gasteiger partial charge in [-0.15, -0.1) is 11.3 Å². The van der Waals surface area contributed by atoms with Crippen molar-refractivity contribution in [3.8, 4) is 11.8 Å². The van der Waals surface area contributed by atoms with E-state index < -0.39 is 0 Å². The van der Waals surface area contributed by atoms with E-state index in [0.717, 1.165) is 17.4 Å². The Morgan fingerprint density at radius 2 is 2.11 bits per heavy atom. The van der Waals surface area contributed by atoms with E-state index in [4.69, 9.17) is 10.5 Å². The number of hydrogen-bond acceptors (Lipinski definition) is 3. The lowest BCUT2D eigenvalue weighted by molar-refractivity contribution is 0.0100. The van der Waals surface area contributed by atoms with E-state index >= 15 is 0 Å². The van der Waals surface area contributed by atoms with Crippen LogP contribution in [-0.2, 0) is 11.3 Å². The zero-order chi connectivity index (χ0) is 12.8. The van der Waals surface area contributed by atoms with Crippen molar-refractivity contribution in [1.82, 2.24) is 0 Å². The summed E-state index contributed by atoms with van der Waals surface area (Å²) in [6, 6.07) is 4.16. The molecule has 1 fully saturated rings. The zero-order valence-corrected chi connectivity index (χ0v) is 11.8. The van der Waals surface area contributed by atoms with Gasteiger partial charge < -0.3 is 10.5 Å². The van der Waals surface area contributed by atoms with Crippen molar-refractivity contribution in [3.05, 3.63) is 21.9 Å². The maximum atomic E-state index is 5.97. The molecule has 3 heteroatoms. The molecule has 1 aromatic rings. The number of thiophene rings is 1. The van der Waals surface area contributed by atoms with Gasteiger partial charge >= 0.3 is 0 Å². The molecule has 2 rings (SSSR count). The van der Waals surface area contributed by atoms with Gasteiger partial charge in [0, 0.05) is 4.88 Å². The topological polar surface area (TPSA) is 35.2 Å². The first-order valence-corrected chi connectivity index (χ1v) is 7.49. The van der Waals surface area contributed by atoms with Gasteiger partial charge in [-0.25, -0.2) is 0 Å². The minimum atomic E-state index is 0.421. The molecule has 0 aromatic carbocycles. The van der Waals surface area contributed by atoms with Crippen LogP contribution in [0.15, 0.2) is 12.1 Å². The monoisotopic (exact) mass is 263 g/mol. The Morgan fingerprint density at radius 1 is 1.33 bits per heavy atom. The van der Waals surface area contributed by atoms with E-state index in [9.17, 15) is 0 Å². The molecule has 0 aliphatic heterocycles. The van der Waals surface area contributed by atoms with Crippen molar-refractivity contribution in [2.45, 2.75) is 45.3 Å².